The number of aromatic nitrogens is 2. The number of nitrogens with zero attached hydrogens (tertiary/aromatic N) is 3. The van der Waals surface area contributed by atoms with E-state index in [4.69, 9.17) is 31.8 Å². The third-order valence-corrected chi connectivity index (χ3v) is 5.15. The summed E-state index contributed by atoms with van der Waals surface area (Å²) in [4.78, 5) is 17.4. The summed E-state index contributed by atoms with van der Waals surface area (Å²) in [5.74, 6) is -3.59. The van der Waals surface area contributed by atoms with Crippen LogP contribution >= 0.6 is 22.9 Å². The molecule has 0 N–H and O–H groups in total. The van der Waals surface area contributed by atoms with E-state index in [0.29, 0.717) is 0 Å². The van der Waals surface area contributed by atoms with E-state index >= 15 is 0 Å². The van der Waals surface area contributed by atoms with Crippen molar-refractivity contribution in [1.29, 1.82) is 0 Å². The average Bonchev–Trinajstić information content (AvgIpc) is 3.21. The van der Waals surface area contributed by atoms with Gasteiger partial charge in [0, 0.05) is 20.3 Å². The molecule has 0 bridgehead atoms. The zero-order chi connectivity index (χ0) is 23.1. The van der Waals surface area contributed by atoms with Gasteiger partial charge < -0.3 is 9.42 Å². The van der Waals surface area contributed by atoms with Gasteiger partial charge in [-0.15, -0.1) is 11.3 Å². The molecule has 5 nitrogen and oxygen atoms in total. The summed E-state index contributed by atoms with van der Waals surface area (Å²) in [6.07, 6.45) is -4.31. The summed E-state index contributed by atoms with van der Waals surface area (Å²) >= 11 is 6.92. The highest BCUT2D eigenvalue weighted by atomic mass is 35.5. The molecule has 31 heavy (non-hydrogen) atoms. The van der Waals surface area contributed by atoms with Gasteiger partial charge in [-0.25, -0.2) is 4.39 Å². The van der Waals surface area contributed by atoms with E-state index in [9.17, 15) is 22.4 Å². The van der Waals surface area contributed by atoms with Crippen LogP contribution in [0.4, 0.5) is 17.6 Å². The molecule has 2 heterocycles. The number of ketones is 1. The van der Waals surface area contributed by atoms with Crippen LogP contribution in [0.3, 0.4) is 0 Å². The normalized spacial score (nSPS) is 12.3. The molecule has 0 aliphatic rings. The van der Waals surface area contributed by atoms with E-state index in [1.165, 1.54) is 31.1 Å². The van der Waals surface area contributed by atoms with Gasteiger partial charge in [0.25, 0.3) is 5.78 Å². The number of allylic oxidation sites excluding steroid dienone is 1. The van der Waals surface area contributed by atoms with Gasteiger partial charge in [0.2, 0.25) is 0 Å². The van der Waals surface area contributed by atoms with Crippen LogP contribution < -0.4 is 10.4 Å². The summed E-state index contributed by atoms with van der Waals surface area (Å²) in [5, 5.41) is 3.61. The van der Waals surface area contributed by atoms with E-state index in [1.807, 2.05) is 0 Å². The fourth-order valence-electron chi connectivity index (χ4n) is 2.65. The molecule has 3 aromatic rings. The number of thiazole rings is 1. The smallest absolute Gasteiger partial charge is 0.383 e. The average molecular weight is 465 g/mol. The van der Waals surface area contributed by atoms with Crippen LogP contribution in [-0.4, -0.2) is 56.8 Å². The van der Waals surface area contributed by atoms with Crippen molar-refractivity contribution in [2.75, 3.05) is 14.1 Å². The van der Waals surface area contributed by atoms with Crippen molar-refractivity contribution in [2.24, 2.45) is 0 Å². The van der Waals surface area contributed by atoms with Gasteiger partial charge in [0.05, 0.1) is 21.7 Å². The van der Waals surface area contributed by atoms with Gasteiger partial charge >= 0.3 is 6.18 Å². The molecule has 0 aliphatic carbocycles. The monoisotopic (exact) mass is 465 g/mol. The number of benzene rings is 1. The molecule has 0 saturated carbocycles. The van der Waals surface area contributed by atoms with E-state index in [0.717, 1.165) is 23.6 Å². The molecule has 0 atom stereocenters. The number of rotatable bonds is 5. The maximum Gasteiger partial charge on any atom is 0.455 e. The molecular formula is C18H10B2ClF4N3O2S. The van der Waals surface area contributed by atoms with Crippen molar-refractivity contribution in [1.82, 2.24) is 15.0 Å². The van der Waals surface area contributed by atoms with E-state index in [2.05, 4.69) is 10.1 Å². The molecule has 4 radical (unpaired) electrons. The number of hydrogen-bond acceptors (Lipinski definition) is 6. The first-order valence-electron chi connectivity index (χ1n) is 8.38. The van der Waals surface area contributed by atoms with Gasteiger partial charge in [-0.1, -0.05) is 22.8 Å². The quantitative estimate of drug-likeness (QED) is 0.330. The Labute approximate surface area is 185 Å². The van der Waals surface area contributed by atoms with Crippen molar-refractivity contribution in [3.63, 3.8) is 0 Å². The Balaban J connectivity index is 2.39. The molecule has 156 valence electrons. The largest absolute Gasteiger partial charge is 0.455 e. The zero-order valence-electron chi connectivity index (χ0n) is 15.9. The van der Waals surface area contributed by atoms with Crippen molar-refractivity contribution in [3.8, 4) is 21.8 Å². The van der Waals surface area contributed by atoms with Crippen LogP contribution in [0.25, 0.3) is 27.4 Å². The summed E-state index contributed by atoms with van der Waals surface area (Å²) in [5.41, 5.74) is -1.67. The van der Waals surface area contributed by atoms with Crippen LogP contribution in [0.2, 0.25) is 5.02 Å². The first kappa shape index (κ1) is 23.1. The Hall–Kier alpha value is -2.59. The minimum atomic E-state index is -5.22. The van der Waals surface area contributed by atoms with E-state index in [1.54, 1.807) is 0 Å². The summed E-state index contributed by atoms with van der Waals surface area (Å²) in [6.45, 7) is 0. The Kier molecular flexibility index (Phi) is 6.33. The minimum Gasteiger partial charge on any atom is -0.383 e. The summed E-state index contributed by atoms with van der Waals surface area (Å²) in [6, 6.07) is 3.78. The lowest BCUT2D eigenvalue weighted by Crippen LogP contribution is -2.25. The van der Waals surface area contributed by atoms with Gasteiger partial charge in [-0.2, -0.15) is 13.2 Å². The highest BCUT2D eigenvalue weighted by Gasteiger charge is 2.44. The lowest BCUT2D eigenvalue weighted by molar-refractivity contribution is -0.164. The molecule has 0 aliphatic heterocycles. The molecule has 2 aromatic heterocycles. The molecule has 3 rings (SSSR count). The van der Waals surface area contributed by atoms with Gasteiger partial charge in [0.1, 0.15) is 32.2 Å². The number of alkyl halides is 3. The summed E-state index contributed by atoms with van der Waals surface area (Å²) in [7, 11) is 14.2. The number of hydrogen-bond donors (Lipinski definition) is 0. The molecule has 1 aromatic carbocycles. The van der Waals surface area contributed by atoms with Crippen molar-refractivity contribution in [3.05, 3.63) is 41.0 Å². The second kappa shape index (κ2) is 8.51. The Bertz CT molecular complexity index is 1150. The van der Waals surface area contributed by atoms with Crippen LogP contribution in [0, 0.1) is 5.82 Å². The SMILES string of the molecule is [B]c1nc(-c2c(-c3c(F)cccc3Cl)noc2/C(=C/N(C)C)C(=O)C(F)(F)F)sc1[B]. The van der Waals surface area contributed by atoms with Crippen molar-refractivity contribution >= 4 is 60.4 Å². The Morgan fingerprint density at radius 3 is 2.45 bits per heavy atom. The molecule has 0 amide bonds. The predicted octanol–water partition coefficient (Wildman–Crippen LogP) is 2.88. The van der Waals surface area contributed by atoms with Crippen LogP contribution in [0.15, 0.2) is 28.9 Å². The fraction of sp³-hybridized carbons (Fsp3) is 0.167. The number of carbonyl (C=O) groups excluding carboxylic acids is 1. The molecule has 0 unspecified atom stereocenters. The molecule has 0 fully saturated rings. The van der Waals surface area contributed by atoms with Crippen LogP contribution in [0.1, 0.15) is 5.76 Å². The van der Waals surface area contributed by atoms with Crippen molar-refractivity contribution in [2.45, 2.75) is 6.18 Å². The maximum absolute atomic E-state index is 14.6. The molecule has 13 heteroatoms. The highest BCUT2D eigenvalue weighted by Crippen LogP contribution is 2.42. The molecule has 0 saturated heterocycles. The van der Waals surface area contributed by atoms with E-state index in [-0.39, 0.29) is 37.2 Å². The number of Topliss-reactive ketones (excluding diaryl/α,β-unsaturated/α-hetero) is 1. The topological polar surface area (TPSA) is 59.2 Å². The Morgan fingerprint density at radius 2 is 1.94 bits per heavy atom. The van der Waals surface area contributed by atoms with Crippen LogP contribution in [0.5, 0.6) is 0 Å². The van der Waals surface area contributed by atoms with Crippen LogP contribution in [-0.2, 0) is 4.79 Å². The van der Waals surface area contributed by atoms with Gasteiger partial charge in [0.15, 0.2) is 5.76 Å². The van der Waals surface area contributed by atoms with E-state index < -0.39 is 29.1 Å². The second-order valence-electron chi connectivity index (χ2n) is 6.43. The Morgan fingerprint density at radius 1 is 1.26 bits per heavy atom. The van der Waals surface area contributed by atoms with Crippen molar-refractivity contribution < 1.29 is 26.9 Å². The predicted molar refractivity (Wildman–Crippen MR) is 112 cm³/mol. The van der Waals surface area contributed by atoms with Gasteiger partial charge in [-0.05, 0) is 22.5 Å². The number of halogens is 5. The molecule has 0 spiro atoms. The summed E-state index contributed by atoms with van der Waals surface area (Å²) < 4.78 is 59.7. The minimum absolute atomic E-state index is 0.0276. The third-order valence-electron chi connectivity index (χ3n) is 3.92. The lowest BCUT2D eigenvalue weighted by Gasteiger charge is -2.12. The lowest BCUT2D eigenvalue weighted by atomic mass is 9.94. The highest BCUT2D eigenvalue weighted by molar-refractivity contribution is 7.24. The third kappa shape index (κ3) is 4.54. The first-order chi connectivity index (χ1) is 14.4. The maximum atomic E-state index is 14.6. The molecular weight excluding hydrogens is 455 g/mol. The standard InChI is InChI=1S/C18H10B2ClF4N3O2S/c1-28(2)6-7(14(29)18(23,24)25)13-11(17-26-15(19)16(20)31-17)12(27-30-13)10-8(21)4-3-5-9(10)22/h3-6H,1-2H3/b7-6-. The second-order valence-corrected chi connectivity index (χ2v) is 7.87. The zero-order valence-corrected chi connectivity index (χ0v) is 17.5. The van der Waals surface area contributed by atoms with Gasteiger partial charge in [-0.3, -0.25) is 9.78 Å². The fourth-order valence-corrected chi connectivity index (χ4v) is 3.70. The number of carbonyl (C=O) groups is 1. The first-order valence-corrected chi connectivity index (χ1v) is 9.57.